The molecule has 0 fully saturated rings. The maximum absolute atomic E-state index is 11.1. The fraction of sp³-hybridized carbons (Fsp3) is 0.125. The molecule has 2 heterocycles. The number of nitrogens with zero attached hydrogens (tertiary/aromatic N) is 3. The molecule has 154 valence electrons. The fourth-order valence-corrected chi connectivity index (χ4v) is 3.11. The van der Waals surface area contributed by atoms with Gasteiger partial charge in [-0.15, -0.1) is 0 Å². The largest absolute Gasteiger partial charge is 0.478 e. The maximum atomic E-state index is 11.1. The van der Waals surface area contributed by atoms with Gasteiger partial charge in [0.2, 0.25) is 0 Å². The van der Waals surface area contributed by atoms with Crippen LogP contribution >= 0.6 is 0 Å². The second-order valence-corrected chi connectivity index (χ2v) is 6.99. The molecule has 0 bridgehead atoms. The highest BCUT2D eigenvalue weighted by Crippen LogP contribution is 2.22. The van der Waals surface area contributed by atoms with Gasteiger partial charge < -0.3 is 19.3 Å². The third-order valence-corrected chi connectivity index (χ3v) is 4.64. The molecule has 7 nitrogen and oxygen atoms in total. The molecule has 0 aliphatic carbocycles. The zero-order valence-corrected chi connectivity index (χ0v) is 16.7. The van der Waals surface area contributed by atoms with Crippen molar-refractivity contribution in [3.63, 3.8) is 0 Å². The Bertz CT molecular complexity index is 1270. The lowest BCUT2D eigenvalue weighted by Gasteiger charge is -2.07. The molecular formula is C24H19N3O4. The smallest absolute Gasteiger partial charge is 0.335 e. The number of rotatable bonds is 5. The van der Waals surface area contributed by atoms with Crippen LogP contribution < -0.4 is 0 Å². The number of carbonyl (C=O) groups is 1. The molecular weight excluding hydrogens is 394 g/mol. The lowest BCUT2D eigenvalue weighted by atomic mass is 10.1. The van der Waals surface area contributed by atoms with Crippen molar-refractivity contribution < 1.29 is 19.5 Å². The Labute approximate surface area is 178 Å². The molecule has 0 aliphatic rings. The summed E-state index contributed by atoms with van der Waals surface area (Å²) in [5, 5.41) is 22.9. The normalized spacial score (nSPS) is 11.5. The van der Waals surface area contributed by atoms with E-state index >= 15 is 0 Å². The summed E-state index contributed by atoms with van der Waals surface area (Å²) in [7, 11) is 0. The molecule has 2 aromatic heterocycles. The molecule has 7 heteroatoms. The standard InChI is InChI=1S/C24H19N3O4/c1-16(28)23-25-11-12-27(23)15-21-14-22(31-26-21)19-9-7-17(8-10-19)5-6-18-3-2-4-20(13-18)24(29)30/h2-4,7-14,16,28H,15H2,1H3,(H,29,30). The van der Waals surface area contributed by atoms with Gasteiger partial charge in [-0.25, -0.2) is 9.78 Å². The molecule has 0 saturated carbocycles. The molecule has 0 amide bonds. The van der Waals surface area contributed by atoms with Crippen LogP contribution in [0.5, 0.6) is 0 Å². The van der Waals surface area contributed by atoms with Crippen molar-refractivity contribution in [2.45, 2.75) is 19.6 Å². The van der Waals surface area contributed by atoms with E-state index in [2.05, 4.69) is 22.0 Å². The Hall–Kier alpha value is -4.15. The monoisotopic (exact) mass is 413 g/mol. The number of imidazole rings is 1. The predicted octanol–water partition coefficient (Wildman–Crippen LogP) is 3.74. The SMILES string of the molecule is CC(O)c1nccn1Cc1cc(-c2ccc(C#Cc3cccc(C(=O)O)c3)cc2)on1. The van der Waals surface area contributed by atoms with Gasteiger partial charge in [-0.3, -0.25) is 0 Å². The molecule has 1 unspecified atom stereocenters. The van der Waals surface area contributed by atoms with Crippen molar-refractivity contribution in [2.24, 2.45) is 0 Å². The molecule has 1 atom stereocenters. The van der Waals surface area contributed by atoms with E-state index in [1.54, 1.807) is 37.5 Å². The lowest BCUT2D eigenvalue weighted by molar-refractivity contribution is 0.0697. The minimum Gasteiger partial charge on any atom is -0.478 e. The number of hydrogen-bond acceptors (Lipinski definition) is 5. The minimum atomic E-state index is -0.977. The lowest BCUT2D eigenvalue weighted by Crippen LogP contribution is -2.07. The van der Waals surface area contributed by atoms with Gasteiger partial charge in [0.1, 0.15) is 17.6 Å². The highest BCUT2D eigenvalue weighted by molar-refractivity contribution is 5.88. The molecule has 0 aliphatic heterocycles. The maximum Gasteiger partial charge on any atom is 0.335 e. The van der Waals surface area contributed by atoms with Crippen LogP contribution in [0.4, 0.5) is 0 Å². The van der Waals surface area contributed by atoms with Crippen LogP contribution in [0.15, 0.2) is 71.5 Å². The van der Waals surface area contributed by atoms with E-state index in [0.717, 1.165) is 16.8 Å². The Morgan fingerprint density at radius 2 is 1.90 bits per heavy atom. The van der Waals surface area contributed by atoms with Crippen LogP contribution in [-0.4, -0.2) is 30.9 Å². The molecule has 0 saturated heterocycles. The second kappa shape index (κ2) is 8.69. The quantitative estimate of drug-likeness (QED) is 0.484. The number of benzene rings is 2. The van der Waals surface area contributed by atoms with Crippen LogP contribution in [0.3, 0.4) is 0 Å². The summed E-state index contributed by atoms with van der Waals surface area (Å²) in [5.74, 6) is 6.24. The van der Waals surface area contributed by atoms with E-state index in [9.17, 15) is 9.90 Å². The summed E-state index contributed by atoms with van der Waals surface area (Å²) in [6.07, 6.45) is 2.76. The van der Waals surface area contributed by atoms with Crippen molar-refractivity contribution >= 4 is 5.97 Å². The van der Waals surface area contributed by atoms with Gasteiger partial charge >= 0.3 is 5.97 Å². The molecule has 31 heavy (non-hydrogen) atoms. The molecule has 4 rings (SSSR count). The Balaban J connectivity index is 1.48. The predicted molar refractivity (Wildman–Crippen MR) is 113 cm³/mol. The van der Waals surface area contributed by atoms with Gasteiger partial charge in [-0.2, -0.15) is 0 Å². The van der Waals surface area contributed by atoms with E-state index in [1.165, 1.54) is 6.07 Å². The summed E-state index contributed by atoms with van der Waals surface area (Å²) in [6, 6.07) is 15.9. The van der Waals surface area contributed by atoms with Crippen molar-refractivity contribution in [2.75, 3.05) is 0 Å². The first-order valence-electron chi connectivity index (χ1n) is 9.60. The van der Waals surface area contributed by atoms with E-state index in [-0.39, 0.29) is 5.56 Å². The van der Waals surface area contributed by atoms with Gasteiger partial charge in [-0.05, 0) is 49.4 Å². The summed E-state index contributed by atoms with van der Waals surface area (Å²) in [6.45, 7) is 2.11. The number of aliphatic hydroxyl groups is 1. The first-order valence-corrected chi connectivity index (χ1v) is 9.60. The third-order valence-electron chi connectivity index (χ3n) is 4.64. The van der Waals surface area contributed by atoms with Crippen molar-refractivity contribution in [3.8, 4) is 23.2 Å². The Kier molecular flexibility index (Phi) is 5.65. The van der Waals surface area contributed by atoms with Crippen LogP contribution in [0, 0.1) is 11.8 Å². The Morgan fingerprint density at radius 3 is 2.65 bits per heavy atom. The van der Waals surface area contributed by atoms with Gasteiger partial charge in [0, 0.05) is 35.2 Å². The van der Waals surface area contributed by atoms with Crippen LogP contribution in [0.25, 0.3) is 11.3 Å². The third kappa shape index (κ3) is 4.71. The number of carboxylic acid groups (broad SMARTS) is 1. The summed E-state index contributed by atoms with van der Waals surface area (Å²) in [5.41, 5.74) is 3.22. The Morgan fingerprint density at radius 1 is 1.13 bits per heavy atom. The van der Waals surface area contributed by atoms with E-state index in [4.69, 9.17) is 9.63 Å². The number of carboxylic acids is 1. The van der Waals surface area contributed by atoms with Crippen molar-refractivity contribution in [1.82, 2.24) is 14.7 Å². The van der Waals surface area contributed by atoms with Crippen LogP contribution in [0.1, 0.15) is 46.0 Å². The van der Waals surface area contributed by atoms with E-state index < -0.39 is 12.1 Å². The highest BCUT2D eigenvalue weighted by atomic mass is 16.5. The van der Waals surface area contributed by atoms with Crippen molar-refractivity contribution in [1.29, 1.82) is 0 Å². The second-order valence-electron chi connectivity index (χ2n) is 6.99. The fourth-order valence-electron chi connectivity index (χ4n) is 3.11. The first-order chi connectivity index (χ1) is 15.0. The summed E-state index contributed by atoms with van der Waals surface area (Å²) in [4.78, 5) is 15.2. The number of aliphatic hydroxyl groups excluding tert-OH is 1. The molecule has 2 N–H and O–H groups in total. The van der Waals surface area contributed by atoms with Crippen molar-refractivity contribution in [3.05, 3.63) is 95.2 Å². The van der Waals surface area contributed by atoms with Gasteiger partial charge in [-0.1, -0.05) is 23.1 Å². The summed E-state index contributed by atoms with van der Waals surface area (Å²) >= 11 is 0. The number of hydrogen-bond donors (Lipinski definition) is 2. The average Bonchev–Trinajstić information content (AvgIpc) is 3.43. The van der Waals surface area contributed by atoms with E-state index in [1.807, 2.05) is 34.9 Å². The molecule has 0 radical (unpaired) electrons. The highest BCUT2D eigenvalue weighted by Gasteiger charge is 2.12. The van der Waals surface area contributed by atoms with Crippen LogP contribution in [0.2, 0.25) is 0 Å². The van der Waals surface area contributed by atoms with Gasteiger partial charge in [0.15, 0.2) is 5.76 Å². The zero-order chi connectivity index (χ0) is 21.8. The van der Waals surface area contributed by atoms with Gasteiger partial charge in [0.05, 0.1) is 12.1 Å². The van der Waals surface area contributed by atoms with Crippen LogP contribution in [-0.2, 0) is 6.54 Å². The first kappa shape index (κ1) is 20.1. The summed E-state index contributed by atoms with van der Waals surface area (Å²) < 4.78 is 7.29. The zero-order valence-electron chi connectivity index (χ0n) is 16.7. The number of aromatic carboxylic acids is 1. The number of aromatic nitrogens is 3. The minimum absolute atomic E-state index is 0.208. The topological polar surface area (TPSA) is 101 Å². The molecule has 4 aromatic rings. The molecule has 2 aromatic carbocycles. The van der Waals surface area contributed by atoms with Gasteiger partial charge in [0.25, 0.3) is 0 Å². The molecule has 0 spiro atoms. The average molecular weight is 413 g/mol. The van der Waals surface area contributed by atoms with E-state index in [0.29, 0.717) is 23.7 Å².